The first kappa shape index (κ1) is 19.2. The van der Waals surface area contributed by atoms with Gasteiger partial charge in [-0.3, -0.25) is 0 Å². The Bertz CT molecular complexity index is 866. The number of hydrogen-bond donors (Lipinski definition) is 0. The summed E-state index contributed by atoms with van der Waals surface area (Å²) in [5.41, 5.74) is 4.33. The van der Waals surface area contributed by atoms with E-state index >= 15 is 0 Å². The molecular formula is C25H27ClN2. The third kappa shape index (κ3) is 5.25. The van der Waals surface area contributed by atoms with Crippen LogP contribution in [0.4, 0.5) is 0 Å². The molecule has 2 aromatic rings. The fourth-order valence-electron chi connectivity index (χ4n) is 4.12. The van der Waals surface area contributed by atoms with E-state index in [1.54, 1.807) is 0 Å². The van der Waals surface area contributed by atoms with Gasteiger partial charge in [0.15, 0.2) is 0 Å². The summed E-state index contributed by atoms with van der Waals surface area (Å²) in [6.45, 7) is 3.83. The molecule has 2 nitrogen and oxygen atoms in total. The zero-order valence-electron chi connectivity index (χ0n) is 16.3. The van der Waals surface area contributed by atoms with Crippen LogP contribution >= 0.6 is 11.6 Å². The van der Waals surface area contributed by atoms with Gasteiger partial charge in [0.25, 0.3) is 0 Å². The Hall–Kier alpha value is -2.08. The van der Waals surface area contributed by atoms with E-state index in [0.717, 1.165) is 28.3 Å². The van der Waals surface area contributed by atoms with Crippen molar-refractivity contribution in [3.8, 4) is 23.0 Å². The maximum atomic E-state index is 5.96. The lowest BCUT2D eigenvalue weighted by atomic mass is 9.88. The highest BCUT2D eigenvalue weighted by Gasteiger charge is 2.16. The van der Waals surface area contributed by atoms with E-state index in [2.05, 4.69) is 33.9 Å². The van der Waals surface area contributed by atoms with Gasteiger partial charge in [0.05, 0.1) is 0 Å². The van der Waals surface area contributed by atoms with Gasteiger partial charge in [0.2, 0.25) is 0 Å². The molecule has 144 valence electrons. The van der Waals surface area contributed by atoms with Crippen LogP contribution in [0.15, 0.2) is 54.2 Å². The van der Waals surface area contributed by atoms with Crippen molar-refractivity contribution in [1.29, 1.82) is 0 Å². The van der Waals surface area contributed by atoms with E-state index in [-0.39, 0.29) is 0 Å². The molecule has 1 saturated heterocycles. The van der Waals surface area contributed by atoms with Crippen LogP contribution in [0.25, 0.3) is 11.1 Å². The molecule has 4 rings (SSSR count). The molecule has 0 amide bonds. The van der Waals surface area contributed by atoms with Crippen molar-refractivity contribution in [2.24, 2.45) is 5.92 Å². The highest BCUT2D eigenvalue weighted by atomic mass is 35.5. The van der Waals surface area contributed by atoms with E-state index < -0.39 is 0 Å². The van der Waals surface area contributed by atoms with Gasteiger partial charge in [-0.25, -0.2) is 4.98 Å². The average Bonchev–Trinajstić information content (AvgIpc) is 3.26. The first-order valence-corrected chi connectivity index (χ1v) is 10.8. The molecule has 2 aliphatic rings. The third-order valence-electron chi connectivity index (χ3n) is 5.76. The van der Waals surface area contributed by atoms with E-state index in [1.807, 2.05) is 36.5 Å². The second-order valence-corrected chi connectivity index (χ2v) is 8.31. The molecule has 1 atom stereocenters. The molecule has 0 bridgehead atoms. The molecule has 3 heteroatoms. The smallest absolute Gasteiger partial charge is 0.113 e. The Morgan fingerprint density at radius 2 is 1.75 bits per heavy atom. The molecule has 1 fully saturated rings. The van der Waals surface area contributed by atoms with Gasteiger partial charge < -0.3 is 4.90 Å². The van der Waals surface area contributed by atoms with E-state index in [1.165, 1.54) is 57.3 Å². The van der Waals surface area contributed by atoms with Gasteiger partial charge in [0.1, 0.15) is 5.69 Å². The molecule has 1 aliphatic carbocycles. The zero-order valence-corrected chi connectivity index (χ0v) is 17.1. The number of pyridine rings is 1. The zero-order chi connectivity index (χ0) is 19.2. The maximum Gasteiger partial charge on any atom is 0.113 e. The maximum absolute atomic E-state index is 5.96. The summed E-state index contributed by atoms with van der Waals surface area (Å²) in [4.78, 5) is 7.14. The summed E-state index contributed by atoms with van der Waals surface area (Å²) in [6, 6.07) is 11.9. The molecule has 0 saturated carbocycles. The van der Waals surface area contributed by atoms with Crippen LogP contribution in [0, 0.1) is 17.8 Å². The average molecular weight is 391 g/mol. The molecule has 0 radical (unpaired) electrons. The first-order chi connectivity index (χ1) is 13.8. The SMILES string of the molecule is Clc1ccc(-c2ccc(C#CC3=CC(CCN4CCCC4)CCC3)nc2)cc1. The van der Waals surface area contributed by atoms with Crippen LogP contribution in [0.3, 0.4) is 0 Å². The van der Waals surface area contributed by atoms with Gasteiger partial charge in [0, 0.05) is 16.8 Å². The quantitative estimate of drug-likeness (QED) is 0.598. The van der Waals surface area contributed by atoms with Crippen LogP contribution in [0.5, 0.6) is 0 Å². The highest BCUT2D eigenvalue weighted by Crippen LogP contribution is 2.26. The predicted molar refractivity (Wildman–Crippen MR) is 117 cm³/mol. The molecule has 1 aliphatic heterocycles. The minimum atomic E-state index is 0.693. The molecule has 0 N–H and O–H groups in total. The Morgan fingerprint density at radius 1 is 0.964 bits per heavy atom. The Balaban J connectivity index is 1.37. The van der Waals surface area contributed by atoms with Crippen LogP contribution < -0.4 is 0 Å². The van der Waals surface area contributed by atoms with Crippen molar-refractivity contribution < 1.29 is 0 Å². The lowest BCUT2D eigenvalue weighted by Crippen LogP contribution is -2.22. The van der Waals surface area contributed by atoms with Crippen molar-refractivity contribution in [2.45, 2.75) is 38.5 Å². The van der Waals surface area contributed by atoms with Crippen LogP contribution in [-0.2, 0) is 0 Å². The van der Waals surface area contributed by atoms with Crippen molar-refractivity contribution in [1.82, 2.24) is 9.88 Å². The summed E-state index contributed by atoms with van der Waals surface area (Å²) in [7, 11) is 0. The van der Waals surface area contributed by atoms with Crippen LogP contribution in [0.2, 0.25) is 5.02 Å². The van der Waals surface area contributed by atoms with E-state index in [9.17, 15) is 0 Å². The predicted octanol–water partition coefficient (Wildman–Crippen LogP) is 5.97. The number of rotatable bonds is 4. The van der Waals surface area contributed by atoms with E-state index in [4.69, 9.17) is 11.6 Å². The normalized spacial score (nSPS) is 19.8. The van der Waals surface area contributed by atoms with Crippen molar-refractivity contribution in [3.05, 3.63) is 65.0 Å². The fraction of sp³-hybridized carbons (Fsp3) is 0.400. The molecular weight excluding hydrogens is 364 g/mol. The number of aromatic nitrogens is 1. The molecule has 2 heterocycles. The first-order valence-electron chi connectivity index (χ1n) is 10.4. The second kappa shape index (κ2) is 9.41. The highest BCUT2D eigenvalue weighted by molar-refractivity contribution is 6.30. The topological polar surface area (TPSA) is 16.1 Å². The summed E-state index contributed by atoms with van der Waals surface area (Å²) >= 11 is 5.96. The third-order valence-corrected chi connectivity index (χ3v) is 6.02. The number of hydrogen-bond acceptors (Lipinski definition) is 2. The number of nitrogens with zero attached hydrogens (tertiary/aromatic N) is 2. The van der Waals surface area contributed by atoms with Gasteiger partial charge in [-0.2, -0.15) is 0 Å². The van der Waals surface area contributed by atoms with Crippen molar-refractivity contribution in [3.63, 3.8) is 0 Å². The van der Waals surface area contributed by atoms with Crippen LogP contribution in [0.1, 0.15) is 44.2 Å². The number of benzene rings is 1. The lowest BCUT2D eigenvalue weighted by Gasteiger charge is -2.22. The fourth-order valence-corrected chi connectivity index (χ4v) is 4.24. The molecule has 1 aromatic heterocycles. The molecule has 0 spiro atoms. The summed E-state index contributed by atoms with van der Waals surface area (Å²) < 4.78 is 0. The van der Waals surface area contributed by atoms with Gasteiger partial charge in [-0.15, -0.1) is 0 Å². The summed E-state index contributed by atoms with van der Waals surface area (Å²) in [5, 5.41) is 0.749. The Kier molecular flexibility index (Phi) is 6.47. The Morgan fingerprint density at radius 3 is 2.50 bits per heavy atom. The summed E-state index contributed by atoms with van der Waals surface area (Å²) in [5.74, 6) is 7.33. The number of likely N-dealkylation sites (tertiary alicyclic amines) is 1. The Labute approximate surface area is 173 Å². The lowest BCUT2D eigenvalue weighted by molar-refractivity contribution is 0.308. The molecule has 28 heavy (non-hydrogen) atoms. The van der Waals surface area contributed by atoms with Gasteiger partial charge in [-0.05, 0) is 99.3 Å². The summed E-state index contributed by atoms with van der Waals surface area (Å²) in [6.07, 6.45) is 12.0. The van der Waals surface area contributed by atoms with Gasteiger partial charge in [-0.1, -0.05) is 41.8 Å². The number of allylic oxidation sites excluding steroid dienone is 2. The van der Waals surface area contributed by atoms with Crippen molar-refractivity contribution >= 4 is 11.6 Å². The largest absolute Gasteiger partial charge is 0.303 e. The van der Waals surface area contributed by atoms with Gasteiger partial charge >= 0.3 is 0 Å². The molecule has 1 aromatic carbocycles. The van der Waals surface area contributed by atoms with E-state index in [0.29, 0.717) is 5.92 Å². The number of halogens is 1. The van der Waals surface area contributed by atoms with Crippen molar-refractivity contribution in [2.75, 3.05) is 19.6 Å². The monoisotopic (exact) mass is 390 g/mol. The minimum Gasteiger partial charge on any atom is -0.303 e. The molecule has 1 unspecified atom stereocenters. The standard InChI is InChI=1S/C25H27ClN2/c26-24-10-7-22(8-11-24)23-9-13-25(27-19-23)12-6-20-4-3-5-21(18-20)14-17-28-15-1-2-16-28/h7-11,13,18-19,21H,1-5,14-17H2. The second-order valence-electron chi connectivity index (χ2n) is 7.87. The van der Waals surface area contributed by atoms with Crippen LogP contribution in [-0.4, -0.2) is 29.5 Å². The minimum absolute atomic E-state index is 0.693.